The van der Waals surface area contributed by atoms with Crippen molar-refractivity contribution in [2.45, 2.75) is 25.5 Å². The second kappa shape index (κ2) is 4.97. The number of rotatable bonds is 2. The summed E-state index contributed by atoms with van der Waals surface area (Å²) < 4.78 is 13.4. The van der Waals surface area contributed by atoms with Crippen molar-refractivity contribution < 1.29 is 24.2 Å². The first kappa shape index (κ1) is 13.5. The number of amides is 1. The Hall–Kier alpha value is -1.95. The molecule has 2 rings (SSSR count). The number of aryl methyl sites for hydroxylation is 1. The fourth-order valence-electron chi connectivity index (χ4n) is 2.16. The van der Waals surface area contributed by atoms with E-state index in [4.69, 9.17) is 5.11 Å². The number of benzene rings is 1. The molecule has 0 radical (unpaired) electrons. The van der Waals surface area contributed by atoms with Crippen LogP contribution in [0.25, 0.3) is 0 Å². The van der Waals surface area contributed by atoms with E-state index >= 15 is 0 Å². The van der Waals surface area contributed by atoms with E-state index in [0.717, 1.165) is 11.0 Å². The predicted molar refractivity (Wildman–Crippen MR) is 64.2 cm³/mol. The number of halogens is 1. The van der Waals surface area contributed by atoms with E-state index < -0.39 is 29.8 Å². The Morgan fingerprint density at radius 2 is 2.11 bits per heavy atom. The van der Waals surface area contributed by atoms with Crippen LogP contribution in [0.2, 0.25) is 0 Å². The molecule has 1 aliphatic rings. The molecular weight excluding hydrogens is 253 g/mol. The summed E-state index contributed by atoms with van der Waals surface area (Å²) in [5, 5.41) is 18.5. The molecule has 0 saturated carbocycles. The zero-order valence-corrected chi connectivity index (χ0v) is 10.3. The van der Waals surface area contributed by atoms with Crippen molar-refractivity contribution in [2.75, 3.05) is 6.54 Å². The van der Waals surface area contributed by atoms with Crippen LogP contribution in [-0.4, -0.2) is 45.7 Å². The lowest BCUT2D eigenvalue weighted by Crippen LogP contribution is -2.40. The van der Waals surface area contributed by atoms with Crippen LogP contribution in [0.15, 0.2) is 18.2 Å². The van der Waals surface area contributed by atoms with Gasteiger partial charge in [-0.25, -0.2) is 9.18 Å². The van der Waals surface area contributed by atoms with Gasteiger partial charge < -0.3 is 15.1 Å². The number of aliphatic hydroxyl groups excluding tert-OH is 1. The molecule has 6 heteroatoms. The van der Waals surface area contributed by atoms with Gasteiger partial charge in [0.2, 0.25) is 0 Å². The summed E-state index contributed by atoms with van der Waals surface area (Å²) in [6.45, 7) is 1.52. The van der Waals surface area contributed by atoms with Gasteiger partial charge in [-0.15, -0.1) is 0 Å². The number of likely N-dealkylation sites (tertiary alicyclic amines) is 1. The molecule has 1 aliphatic heterocycles. The van der Waals surface area contributed by atoms with E-state index in [-0.39, 0.29) is 18.5 Å². The summed E-state index contributed by atoms with van der Waals surface area (Å²) in [5.41, 5.74) is 0.497. The first-order valence-electron chi connectivity index (χ1n) is 5.88. The van der Waals surface area contributed by atoms with E-state index in [0.29, 0.717) is 5.56 Å². The summed E-state index contributed by atoms with van der Waals surface area (Å²) >= 11 is 0. The Labute approximate surface area is 109 Å². The van der Waals surface area contributed by atoms with Crippen LogP contribution in [0.1, 0.15) is 22.3 Å². The van der Waals surface area contributed by atoms with Gasteiger partial charge in [-0.1, -0.05) is 6.07 Å². The van der Waals surface area contributed by atoms with Crippen molar-refractivity contribution in [1.29, 1.82) is 0 Å². The molecule has 2 N–H and O–H groups in total. The summed E-state index contributed by atoms with van der Waals surface area (Å²) in [6.07, 6.45) is -0.865. The molecule has 19 heavy (non-hydrogen) atoms. The van der Waals surface area contributed by atoms with Gasteiger partial charge >= 0.3 is 5.97 Å². The van der Waals surface area contributed by atoms with E-state index in [9.17, 15) is 19.1 Å². The van der Waals surface area contributed by atoms with Crippen LogP contribution in [-0.2, 0) is 4.79 Å². The van der Waals surface area contributed by atoms with Crippen LogP contribution in [0, 0.1) is 12.7 Å². The number of carboxylic acid groups (broad SMARTS) is 1. The second-order valence-corrected chi connectivity index (χ2v) is 4.67. The molecule has 1 aromatic rings. The quantitative estimate of drug-likeness (QED) is 0.830. The Bertz CT molecular complexity index is 531. The van der Waals surface area contributed by atoms with Gasteiger partial charge in [0.25, 0.3) is 5.91 Å². The molecule has 5 nitrogen and oxygen atoms in total. The third kappa shape index (κ3) is 2.58. The first-order valence-corrected chi connectivity index (χ1v) is 5.88. The third-order valence-electron chi connectivity index (χ3n) is 3.24. The molecule has 2 atom stereocenters. The normalized spacial score (nSPS) is 22.6. The minimum atomic E-state index is -1.17. The number of nitrogens with zero attached hydrogens (tertiary/aromatic N) is 1. The van der Waals surface area contributed by atoms with Gasteiger partial charge in [0.1, 0.15) is 11.9 Å². The number of β-amino-alcohol motifs (C(OH)–C–C–N with tert-alkyl or cyclic N) is 1. The van der Waals surface area contributed by atoms with Crippen molar-refractivity contribution in [2.24, 2.45) is 0 Å². The maximum Gasteiger partial charge on any atom is 0.326 e. The molecular formula is C13H14FNO4. The van der Waals surface area contributed by atoms with Crippen molar-refractivity contribution >= 4 is 11.9 Å². The van der Waals surface area contributed by atoms with Gasteiger partial charge in [-0.2, -0.15) is 0 Å². The molecule has 1 heterocycles. The zero-order chi connectivity index (χ0) is 14.2. The monoisotopic (exact) mass is 267 g/mol. The second-order valence-electron chi connectivity index (χ2n) is 4.67. The maximum atomic E-state index is 13.4. The van der Waals surface area contributed by atoms with Gasteiger partial charge in [-0.3, -0.25) is 4.79 Å². The van der Waals surface area contributed by atoms with Crippen LogP contribution in [0.4, 0.5) is 4.39 Å². The average Bonchev–Trinajstić information content (AvgIpc) is 2.74. The highest BCUT2D eigenvalue weighted by molar-refractivity contribution is 5.97. The molecule has 0 aliphatic carbocycles. The highest BCUT2D eigenvalue weighted by Crippen LogP contribution is 2.21. The number of carbonyl (C=O) groups is 2. The largest absolute Gasteiger partial charge is 0.480 e. The lowest BCUT2D eigenvalue weighted by Gasteiger charge is -2.21. The van der Waals surface area contributed by atoms with E-state index in [2.05, 4.69) is 0 Å². The molecule has 1 amide bonds. The standard InChI is InChI=1S/C13H14FNO4/c1-7-2-3-8(4-10(7)14)12(17)15-6-9(16)5-11(15)13(18)19/h2-4,9,11,16H,5-6H2,1H3,(H,18,19)/t9-,11+/m1/s1. The van der Waals surface area contributed by atoms with Gasteiger partial charge in [0.15, 0.2) is 0 Å². The third-order valence-corrected chi connectivity index (χ3v) is 3.24. The van der Waals surface area contributed by atoms with Crippen molar-refractivity contribution in [3.05, 3.63) is 35.1 Å². The minimum Gasteiger partial charge on any atom is -0.480 e. The topological polar surface area (TPSA) is 77.8 Å². The number of aliphatic hydroxyl groups is 1. The predicted octanol–water partition coefficient (Wildman–Crippen LogP) is 0.794. The lowest BCUT2D eigenvalue weighted by atomic mass is 10.1. The van der Waals surface area contributed by atoms with Gasteiger partial charge in [0.05, 0.1) is 6.10 Å². The van der Waals surface area contributed by atoms with Gasteiger partial charge in [0, 0.05) is 18.5 Å². The zero-order valence-electron chi connectivity index (χ0n) is 10.3. The number of hydrogen-bond acceptors (Lipinski definition) is 3. The number of hydrogen-bond donors (Lipinski definition) is 2. The minimum absolute atomic E-state index is 0.00455. The van der Waals surface area contributed by atoms with E-state index in [1.165, 1.54) is 12.1 Å². The van der Waals surface area contributed by atoms with Crippen LogP contribution in [0.3, 0.4) is 0 Å². The van der Waals surface area contributed by atoms with Crippen LogP contribution < -0.4 is 0 Å². The highest BCUT2D eigenvalue weighted by atomic mass is 19.1. The Balaban J connectivity index is 2.27. The molecule has 0 unspecified atom stereocenters. The lowest BCUT2D eigenvalue weighted by molar-refractivity contribution is -0.141. The number of carbonyl (C=O) groups excluding carboxylic acids is 1. The Kier molecular flexibility index (Phi) is 3.53. The van der Waals surface area contributed by atoms with E-state index in [1.807, 2.05) is 0 Å². The van der Waals surface area contributed by atoms with Crippen molar-refractivity contribution in [3.63, 3.8) is 0 Å². The first-order chi connectivity index (χ1) is 8.90. The SMILES string of the molecule is Cc1ccc(C(=O)N2C[C@H](O)C[C@H]2C(=O)O)cc1F. The Morgan fingerprint density at radius 1 is 1.42 bits per heavy atom. The molecule has 1 fully saturated rings. The summed E-state index contributed by atoms with van der Waals surface area (Å²) in [4.78, 5) is 24.3. The molecule has 0 spiro atoms. The van der Waals surface area contributed by atoms with Crippen LogP contribution in [0.5, 0.6) is 0 Å². The summed E-state index contributed by atoms with van der Waals surface area (Å²) in [7, 11) is 0. The van der Waals surface area contributed by atoms with Crippen molar-refractivity contribution in [3.8, 4) is 0 Å². The molecule has 102 valence electrons. The fraction of sp³-hybridized carbons (Fsp3) is 0.385. The number of carboxylic acids is 1. The Morgan fingerprint density at radius 3 is 2.68 bits per heavy atom. The van der Waals surface area contributed by atoms with Crippen LogP contribution >= 0.6 is 0 Å². The van der Waals surface area contributed by atoms with E-state index in [1.54, 1.807) is 6.92 Å². The highest BCUT2D eigenvalue weighted by Gasteiger charge is 2.39. The average molecular weight is 267 g/mol. The fourth-order valence-corrected chi connectivity index (χ4v) is 2.16. The maximum absolute atomic E-state index is 13.4. The smallest absolute Gasteiger partial charge is 0.326 e. The molecule has 0 aromatic heterocycles. The van der Waals surface area contributed by atoms with Gasteiger partial charge in [-0.05, 0) is 24.6 Å². The summed E-state index contributed by atoms with van der Waals surface area (Å²) in [6, 6.07) is 2.93. The molecule has 1 saturated heterocycles. The molecule has 0 bridgehead atoms. The number of aliphatic carboxylic acids is 1. The molecule has 1 aromatic carbocycles. The summed E-state index contributed by atoms with van der Waals surface area (Å²) in [5.74, 6) is -2.27. The van der Waals surface area contributed by atoms with Crippen molar-refractivity contribution in [1.82, 2.24) is 4.90 Å².